The van der Waals surface area contributed by atoms with E-state index in [-0.39, 0.29) is 5.90 Å². The molecule has 0 aliphatic carbocycles. The molecular formula is C10H8N2OS. The predicted octanol–water partition coefficient (Wildman–Crippen LogP) is 0.606. The molecular weight excluding hydrogens is 196 g/mol. The van der Waals surface area contributed by atoms with Crippen LogP contribution in [0.2, 0.25) is 0 Å². The maximum Gasteiger partial charge on any atom is 0.202 e. The van der Waals surface area contributed by atoms with Crippen molar-refractivity contribution in [2.75, 3.05) is 0 Å². The zero-order valence-corrected chi connectivity index (χ0v) is 8.15. The van der Waals surface area contributed by atoms with E-state index in [4.69, 9.17) is 0 Å². The monoisotopic (exact) mass is 204 g/mol. The first-order chi connectivity index (χ1) is 6.86. The van der Waals surface area contributed by atoms with E-state index in [0.717, 1.165) is 0 Å². The fourth-order valence-electron chi connectivity index (χ4n) is 1.01. The molecule has 0 radical (unpaired) electrons. The topological polar surface area (TPSA) is 39.3 Å². The Labute approximate surface area is 85.6 Å². The molecule has 2 aromatic rings. The van der Waals surface area contributed by atoms with Gasteiger partial charge in [0, 0.05) is 17.0 Å². The third kappa shape index (κ3) is 1.97. The number of thiophene rings is 1. The number of pyridine rings is 1. The maximum absolute atomic E-state index is 11.5. The predicted molar refractivity (Wildman–Crippen MR) is 52.9 cm³/mol. The van der Waals surface area contributed by atoms with Gasteiger partial charge >= 0.3 is 0 Å². The molecule has 2 heterocycles. The van der Waals surface area contributed by atoms with Crippen LogP contribution in [0.1, 0.15) is 4.88 Å². The van der Waals surface area contributed by atoms with Crippen molar-refractivity contribution in [3.05, 3.63) is 53.0 Å². The zero-order valence-electron chi connectivity index (χ0n) is 7.33. The number of nitrogens with zero attached hydrogens (tertiary/aromatic N) is 2. The van der Waals surface area contributed by atoms with E-state index < -0.39 is 0 Å². The third-order valence-electron chi connectivity index (χ3n) is 1.64. The lowest BCUT2D eigenvalue weighted by atomic mass is 10.5. The largest absolute Gasteiger partial charge is 0.854 e. The summed E-state index contributed by atoms with van der Waals surface area (Å²) >= 11 is 1.39. The van der Waals surface area contributed by atoms with Gasteiger partial charge in [-0.3, -0.25) is 0 Å². The van der Waals surface area contributed by atoms with Crippen molar-refractivity contribution in [3.63, 3.8) is 0 Å². The standard InChI is InChI=1S/C10H8N2OS/c13-10(9-5-4-8-14-9)11-12-6-2-1-3-7-12/h1-8H. The lowest BCUT2D eigenvalue weighted by molar-refractivity contribution is -0.681. The summed E-state index contributed by atoms with van der Waals surface area (Å²) in [6.07, 6.45) is 3.46. The maximum atomic E-state index is 11.5. The normalized spacial score (nSPS) is 11.6. The van der Waals surface area contributed by atoms with Crippen molar-refractivity contribution in [1.82, 2.24) is 0 Å². The number of aromatic nitrogens is 1. The Kier molecular flexibility index (Phi) is 2.55. The van der Waals surface area contributed by atoms with Gasteiger partial charge in [0.05, 0.1) is 5.90 Å². The second kappa shape index (κ2) is 4.02. The van der Waals surface area contributed by atoms with Crippen LogP contribution in [0.3, 0.4) is 0 Å². The molecule has 70 valence electrons. The average molecular weight is 204 g/mol. The number of hydrogen-bond acceptors (Lipinski definition) is 3. The minimum atomic E-state index is -0.212. The van der Waals surface area contributed by atoms with Crippen molar-refractivity contribution in [3.8, 4) is 0 Å². The van der Waals surface area contributed by atoms with Crippen LogP contribution in [0.25, 0.3) is 0 Å². The van der Waals surface area contributed by atoms with Crippen LogP contribution in [0.4, 0.5) is 0 Å². The van der Waals surface area contributed by atoms with Gasteiger partial charge in [-0.15, -0.1) is 11.3 Å². The van der Waals surface area contributed by atoms with Gasteiger partial charge in [0.25, 0.3) is 0 Å². The van der Waals surface area contributed by atoms with E-state index in [1.807, 2.05) is 29.6 Å². The molecule has 0 saturated heterocycles. The molecule has 2 rings (SSSR count). The first kappa shape index (κ1) is 8.90. The first-order valence-electron chi connectivity index (χ1n) is 4.12. The first-order valence-corrected chi connectivity index (χ1v) is 5.00. The van der Waals surface area contributed by atoms with Crippen LogP contribution >= 0.6 is 11.3 Å². The van der Waals surface area contributed by atoms with Gasteiger partial charge in [-0.2, -0.15) is 0 Å². The van der Waals surface area contributed by atoms with Gasteiger partial charge in [0.1, 0.15) is 0 Å². The van der Waals surface area contributed by atoms with Crippen LogP contribution in [-0.2, 0) is 0 Å². The van der Waals surface area contributed by atoms with Crippen molar-refractivity contribution >= 4 is 17.2 Å². The van der Waals surface area contributed by atoms with Crippen molar-refractivity contribution in [1.29, 1.82) is 0 Å². The molecule has 0 atom stereocenters. The van der Waals surface area contributed by atoms with Gasteiger partial charge in [0.2, 0.25) is 12.4 Å². The molecule has 3 nitrogen and oxygen atoms in total. The Hall–Kier alpha value is -1.68. The summed E-state index contributed by atoms with van der Waals surface area (Å²) in [4.78, 5) is 0.654. The Morgan fingerprint density at radius 2 is 2.00 bits per heavy atom. The van der Waals surface area contributed by atoms with Crippen LogP contribution in [0.15, 0.2) is 53.2 Å². The molecule has 0 aliphatic heterocycles. The summed E-state index contributed by atoms with van der Waals surface area (Å²) in [6, 6.07) is 9.13. The van der Waals surface area contributed by atoms with Crippen molar-refractivity contribution in [2.45, 2.75) is 0 Å². The fourth-order valence-corrected chi connectivity index (χ4v) is 1.61. The van der Waals surface area contributed by atoms with E-state index in [1.165, 1.54) is 16.0 Å². The molecule has 0 amide bonds. The van der Waals surface area contributed by atoms with Gasteiger partial charge in [-0.1, -0.05) is 16.8 Å². The van der Waals surface area contributed by atoms with Gasteiger partial charge in [-0.25, -0.2) is 0 Å². The molecule has 0 aromatic carbocycles. The molecule has 14 heavy (non-hydrogen) atoms. The molecule has 0 N–H and O–H groups in total. The Bertz CT molecular complexity index is 423. The van der Waals surface area contributed by atoms with Gasteiger partial charge < -0.3 is 5.11 Å². The summed E-state index contributed by atoms with van der Waals surface area (Å²) in [5, 5.41) is 17.2. The zero-order chi connectivity index (χ0) is 9.80. The minimum Gasteiger partial charge on any atom is -0.854 e. The van der Waals surface area contributed by atoms with Crippen LogP contribution < -0.4 is 9.78 Å². The minimum absolute atomic E-state index is 0.212. The highest BCUT2D eigenvalue weighted by Gasteiger charge is 1.97. The fraction of sp³-hybridized carbons (Fsp3) is 0. The average Bonchev–Trinajstić information content (AvgIpc) is 2.72. The van der Waals surface area contributed by atoms with Crippen LogP contribution in [0, 0.1) is 0 Å². The number of hydrogen-bond donors (Lipinski definition) is 0. The van der Waals surface area contributed by atoms with Crippen LogP contribution in [-0.4, -0.2) is 5.90 Å². The van der Waals surface area contributed by atoms with E-state index in [0.29, 0.717) is 4.88 Å². The molecule has 0 bridgehead atoms. The lowest BCUT2D eigenvalue weighted by Crippen LogP contribution is -2.32. The van der Waals surface area contributed by atoms with Gasteiger partial charge in [-0.05, 0) is 16.5 Å². The summed E-state index contributed by atoms with van der Waals surface area (Å²) in [5.41, 5.74) is 0. The second-order valence-electron chi connectivity index (χ2n) is 2.64. The van der Waals surface area contributed by atoms with Crippen molar-refractivity contribution in [2.24, 2.45) is 5.10 Å². The van der Waals surface area contributed by atoms with E-state index >= 15 is 0 Å². The molecule has 0 aliphatic rings. The van der Waals surface area contributed by atoms with E-state index in [2.05, 4.69) is 5.10 Å². The van der Waals surface area contributed by atoms with Crippen LogP contribution in [0.5, 0.6) is 0 Å². The molecule has 0 spiro atoms. The quantitative estimate of drug-likeness (QED) is 0.401. The lowest BCUT2D eigenvalue weighted by Gasteiger charge is -2.01. The van der Waals surface area contributed by atoms with Gasteiger partial charge in [0.15, 0.2) is 0 Å². The molecule has 0 saturated carbocycles. The summed E-state index contributed by atoms with van der Waals surface area (Å²) in [5.74, 6) is -0.212. The Morgan fingerprint density at radius 3 is 2.64 bits per heavy atom. The van der Waals surface area contributed by atoms with E-state index in [9.17, 15) is 5.11 Å². The second-order valence-corrected chi connectivity index (χ2v) is 3.59. The molecule has 0 fully saturated rings. The summed E-state index contributed by atoms with van der Waals surface area (Å²) in [6.45, 7) is 0. The molecule has 2 aromatic heterocycles. The highest BCUT2D eigenvalue weighted by atomic mass is 32.1. The Morgan fingerprint density at radius 1 is 1.21 bits per heavy atom. The molecule has 4 heteroatoms. The summed E-state index contributed by atoms with van der Waals surface area (Å²) < 4.78 is 1.50. The highest BCUT2D eigenvalue weighted by Crippen LogP contribution is 2.06. The smallest absolute Gasteiger partial charge is 0.202 e. The van der Waals surface area contributed by atoms with Crippen molar-refractivity contribution < 1.29 is 9.78 Å². The summed E-state index contributed by atoms with van der Waals surface area (Å²) in [7, 11) is 0. The number of rotatable bonds is 2. The highest BCUT2D eigenvalue weighted by molar-refractivity contribution is 7.11. The third-order valence-corrected chi connectivity index (χ3v) is 2.50. The SMILES string of the molecule is [O-]/C(=N\[n+]1ccccc1)c1cccs1. The van der Waals surface area contributed by atoms with E-state index in [1.54, 1.807) is 18.5 Å². The Balaban J connectivity index is 2.28. The molecule has 0 unspecified atom stereocenters.